The molecule has 49 heavy (non-hydrogen) atoms. The Labute approximate surface area is 305 Å². The molecule has 10 heteroatoms. The fraction of sp³-hybridized carbons (Fsp3) is 0.538. The second-order valence-corrected chi connectivity index (χ2v) is 18.2. The fourth-order valence-corrected chi connectivity index (χ4v) is 8.75. The van der Waals surface area contributed by atoms with Gasteiger partial charge in [0, 0.05) is 56.9 Å². The van der Waals surface area contributed by atoms with Gasteiger partial charge in [-0.1, -0.05) is 91.6 Å². The predicted molar refractivity (Wildman–Crippen MR) is 204 cm³/mol. The normalized spacial score (nSPS) is 12.6. The number of phenolic OH excluding ortho intramolecular Hbond substituents is 1. The summed E-state index contributed by atoms with van der Waals surface area (Å²) >= 11 is 14.0. The van der Waals surface area contributed by atoms with Crippen LogP contribution in [0.25, 0.3) is 0 Å². The van der Waals surface area contributed by atoms with E-state index in [4.69, 9.17) is 51.6 Å². The van der Waals surface area contributed by atoms with E-state index in [9.17, 15) is 5.11 Å². The Hall–Kier alpha value is -2.09. The molecule has 3 rings (SSSR count). The Morgan fingerprint density at radius 2 is 0.980 bits per heavy atom. The lowest BCUT2D eigenvalue weighted by atomic mass is 9.85. The van der Waals surface area contributed by atoms with Gasteiger partial charge in [-0.3, -0.25) is 0 Å². The molecule has 0 fully saturated rings. The van der Waals surface area contributed by atoms with E-state index in [0.717, 1.165) is 38.2 Å². The molecule has 0 saturated heterocycles. The van der Waals surface area contributed by atoms with Crippen LogP contribution in [0, 0.1) is 6.92 Å². The lowest BCUT2D eigenvalue weighted by molar-refractivity contribution is -0.00870. The molecule has 0 saturated carbocycles. The van der Waals surface area contributed by atoms with Crippen LogP contribution < -0.4 is 25.4 Å². The second-order valence-electron chi connectivity index (χ2n) is 15.2. The number of methoxy groups -OCH3 is 2. The van der Waals surface area contributed by atoms with Crippen LogP contribution >= 0.6 is 31.1 Å². The van der Waals surface area contributed by atoms with Gasteiger partial charge in [0.1, 0.15) is 17.2 Å². The van der Waals surface area contributed by atoms with Crippen molar-refractivity contribution in [3.05, 3.63) is 68.7 Å². The summed E-state index contributed by atoms with van der Waals surface area (Å²) in [7, 11) is 1.63. The molecule has 0 amide bonds. The van der Waals surface area contributed by atoms with Crippen LogP contribution in [-0.2, 0) is 35.2 Å². The summed E-state index contributed by atoms with van der Waals surface area (Å²) < 4.78 is 35.1. The number of benzene rings is 3. The second kappa shape index (κ2) is 17.4. The largest absolute Gasteiger partial charge is 0.507 e. The molecule has 0 aromatic heterocycles. The van der Waals surface area contributed by atoms with Crippen LogP contribution in [0.15, 0.2) is 36.4 Å². The summed E-state index contributed by atoms with van der Waals surface area (Å²) in [4.78, 5) is 0. The molecule has 0 aliphatic heterocycles. The molecule has 7 nitrogen and oxygen atoms in total. The number of aromatic hydroxyl groups is 1. The number of hydrogen-bond donors (Lipinski definition) is 1. The smallest absolute Gasteiger partial charge is 0.189 e. The van der Waals surface area contributed by atoms with Crippen LogP contribution in [-0.4, -0.2) is 59.3 Å². The summed E-state index contributed by atoms with van der Waals surface area (Å²) in [6.45, 7) is 22.7. The lowest BCUT2D eigenvalue weighted by Gasteiger charge is -2.33. The van der Waals surface area contributed by atoms with Crippen LogP contribution in [0.1, 0.15) is 84.6 Å². The van der Waals surface area contributed by atoms with E-state index in [0.29, 0.717) is 48.0 Å². The molecule has 0 spiro atoms. The molecule has 3 aromatic rings. The number of halogens is 2. The maximum atomic E-state index is 12.3. The summed E-state index contributed by atoms with van der Waals surface area (Å²) in [5.41, 5.74) is 2.61. The molecule has 0 aliphatic rings. The third-order valence-corrected chi connectivity index (χ3v) is 10.8. The first-order chi connectivity index (χ1) is 22.8. The number of rotatable bonds is 15. The third-order valence-electron chi connectivity index (χ3n) is 7.89. The van der Waals surface area contributed by atoms with Crippen molar-refractivity contribution < 1.29 is 33.5 Å². The van der Waals surface area contributed by atoms with E-state index in [1.165, 1.54) is 0 Å². The van der Waals surface area contributed by atoms with Crippen LogP contribution in [0.5, 0.6) is 17.2 Å². The van der Waals surface area contributed by atoms with E-state index < -0.39 is 7.92 Å². The Kier molecular flexibility index (Phi) is 14.7. The van der Waals surface area contributed by atoms with Gasteiger partial charge in [0.2, 0.25) is 0 Å². The summed E-state index contributed by atoms with van der Waals surface area (Å²) in [6, 6.07) is 11.8. The zero-order chi connectivity index (χ0) is 36.7. The van der Waals surface area contributed by atoms with E-state index in [1.54, 1.807) is 14.2 Å². The van der Waals surface area contributed by atoms with Gasteiger partial charge in [0.05, 0.1) is 26.4 Å². The molecule has 0 heterocycles. The van der Waals surface area contributed by atoms with Gasteiger partial charge in [0.15, 0.2) is 13.6 Å². The summed E-state index contributed by atoms with van der Waals surface area (Å²) in [5.74, 6) is 1.49. The lowest BCUT2D eigenvalue weighted by Crippen LogP contribution is -2.30. The van der Waals surface area contributed by atoms with Gasteiger partial charge < -0.3 is 33.5 Å². The summed E-state index contributed by atoms with van der Waals surface area (Å²) in [5, 5.41) is 15.7. The van der Waals surface area contributed by atoms with Crippen molar-refractivity contribution in [3.8, 4) is 17.2 Å². The average molecular weight is 738 g/mol. The first kappa shape index (κ1) is 41.3. The van der Waals surface area contributed by atoms with Gasteiger partial charge in [0.25, 0.3) is 0 Å². The number of aryl methyl sites for hydroxylation is 1. The van der Waals surface area contributed by atoms with E-state index in [1.807, 2.05) is 43.3 Å². The van der Waals surface area contributed by atoms with Crippen molar-refractivity contribution in [1.29, 1.82) is 0 Å². The monoisotopic (exact) mass is 736 g/mol. The molecule has 272 valence electrons. The van der Waals surface area contributed by atoms with Gasteiger partial charge >= 0.3 is 0 Å². The highest BCUT2D eigenvalue weighted by Gasteiger charge is 2.35. The Morgan fingerprint density at radius 1 is 0.571 bits per heavy atom. The van der Waals surface area contributed by atoms with Crippen molar-refractivity contribution >= 4 is 47.0 Å². The maximum Gasteiger partial charge on any atom is 0.189 e. The number of hydrogen-bond acceptors (Lipinski definition) is 7. The minimum absolute atomic E-state index is 0.00320. The minimum Gasteiger partial charge on any atom is -0.507 e. The van der Waals surface area contributed by atoms with E-state index in [2.05, 4.69) is 62.3 Å². The zero-order valence-electron chi connectivity index (χ0n) is 31.3. The molecule has 0 atom stereocenters. The zero-order valence-corrected chi connectivity index (χ0v) is 33.7. The SMILES string of the molecule is COCCOCOc1c(P(c2cc(C)cc(C(C)(C)C)c2O)c2cc(Cl)cc(C(C)(C)C)c2OCOCCOC)cc(Cl)cc1C(C)(C)C. The molecular formula is C39H55Cl2O7P. The molecule has 0 radical (unpaired) electrons. The highest BCUT2D eigenvalue weighted by Crippen LogP contribution is 2.49. The van der Waals surface area contributed by atoms with Crippen LogP contribution in [0.3, 0.4) is 0 Å². The van der Waals surface area contributed by atoms with Crippen LogP contribution in [0.4, 0.5) is 0 Å². The van der Waals surface area contributed by atoms with Gasteiger partial charge in [-0.05, 0) is 67.0 Å². The predicted octanol–water partition coefficient (Wildman–Crippen LogP) is 8.66. The van der Waals surface area contributed by atoms with Crippen molar-refractivity contribution in [2.75, 3.05) is 54.2 Å². The standard InChI is InChI=1S/C39H55Cl2O7P/c1-25-17-28(37(2,3)4)34(42)31(18-25)49(32-21-26(40)19-29(38(5,6)7)35(32)47-23-45-15-13-43-11)33-22-27(41)20-30(39(8,9)10)36(33)48-24-46-16-14-44-12/h17-22,42H,13-16,23-24H2,1-12H3. The molecule has 1 N–H and O–H groups in total. The van der Waals surface area contributed by atoms with Gasteiger partial charge in [-0.15, -0.1) is 0 Å². The number of ether oxygens (including phenoxy) is 6. The van der Waals surface area contributed by atoms with Crippen molar-refractivity contribution in [2.45, 2.75) is 85.5 Å². The van der Waals surface area contributed by atoms with Gasteiger partial charge in [-0.25, -0.2) is 0 Å². The van der Waals surface area contributed by atoms with Crippen molar-refractivity contribution in [2.24, 2.45) is 0 Å². The topological polar surface area (TPSA) is 75.6 Å². The average Bonchev–Trinajstić information content (AvgIpc) is 2.98. The van der Waals surface area contributed by atoms with E-state index >= 15 is 0 Å². The Balaban J connectivity index is 2.52. The Morgan fingerprint density at radius 3 is 1.35 bits per heavy atom. The number of phenols is 1. The van der Waals surface area contributed by atoms with E-state index in [-0.39, 0.29) is 35.6 Å². The highest BCUT2D eigenvalue weighted by molar-refractivity contribution is 7.80. The van der Waals surface area contributed by atoms with Crippen molar-refractivity contribution in [1.82, 2.24) is 0 Å². The first-order valence-corrected chi connectivity index (χ1v) is 18.6. The molecule has 0 unspecified atom stereocenters. The quantitative estimate of drug-likeness (QED) is 0.0951. The third kappa shape index (κ3) is 11.0. The first-order valence-electron chi connectivity index (χ1n) is 16.5. The minimum atomic E-state index is -1.63. The van der Waals surface area contributed by atoms with Gasteiger partial charge in [-0.2, -0.15) is 0 Å². The molecule has 3 aromatic carbocycles. The fourth-order valence-electron chi connectivity index (χ4n) is 5.40. The van der Waals surface area contributed by atoms with Crippen molar-refractivity contribution in [3.63, 3.8) is 0 Å². The molecular weight excluding hydrogens is 682 g/mol. The Bertz CT molecular complexity index is 1470. The highest BCUT2D eigenvalue weighted by atomic mass is 35.5. The van der Waals surface area contributed by atoms with Crippen LogP contribution in [0.2, 0.25) is 10.0 Å². The molecule has 0 bridgehead atoms. The maximum absolute atomic E-state index is 12.3. The summed E-state index contributed by atoms with van der Waals surface area (Å²) in [6.07, 6.45) is 0. The molecule has 0 aliphatic carbocycles.